The van der Waals surface area contributed by atoms with Crippen molar-refractivity contribution in [2.75, 3.05) is 27.3 Å². The van der Waals surface area contributed by atoms with E-state index in [1.165, 1.54) is 14.2 Å². The molecule has 0 spiro atoms. The summed E-state index contributed by atoms with van der Waals surface area (Å²) in [5.74, 6) is 0. The second kappa shape index (κ2) is 9.66. The molecule has 0 aliphatic heterocycles. The third kappa shape index (κ3) is 8.36. The molecule has 3 atom stereocenters. The molecule has 1 rings (SSSR count). The van der Waals surface area contributed by atoms with Gasteiger partial charge in [-0.2, -0.15) is 0 Å². The monoisotopic (exact) mass is 387 g/mol. The lowest BCUT2D eigenvalue weighted by Crippen LogP contribution is -2.51. The summed E-state index contributed by atoms with van der Waals surface area (Å²) >= 11 is 0. The van der Waals surface area contributed by atoms with Crippen molar-refractivity contribution < 1.29 is 28.6 Å². The number of methoxy groups -OCH3 is 2. The topological polar surface area (TPSA) is 115 Å². The van der Waals surface area contributed by atoms with Crippen LogP contribution in [0.1, 0.15) is 47.0 Å². The molecule has 3 unspecified atom stereocenters. The third-order valence-electron chi connectivity index (χ3n) is 4.64. The van der Waals surface area contributed by atoms with E-state index in [1.54, 1.807) is 6.92 Å². The molecular weight excluding hydrogens is 354 g/mol. The molecule has 156 valence electrons. The molecule has 0 aromatic rings. The summed E-state index contributed by atoms with van der Waals surface area (Å²) in [7, 11) is 2.60. The number of nitrogens with one attached hydrogen (secondary N) is 3. The van der Waals surface area contributed by atoms with E-state index in [0.717, 1.165) is 12.8 Å². The molecule has 0 aromatic carbocycles. The van der Waals surface area contributed by atoms with Gasteiger partial charge < -0.3 is 30.2 Å². The molecule has 3 N–H and O–H groups in total. The minimum atomic E-state index is -0.575. The minimum absolute atomic E-state index is 0.000795. The van der Waals surface area contributed by atoms with Crippen molar-refractivity contribution in [1.29, 1.82) is 0 Å². The lowest BCUT2D eigenvalue weighted by molar-refractivity contribution is 0.0570. The van der Waals surface area contributed by atoms with E-state index in [4.69, 9.17) is 4.74 Å². The van der Waals surface area contributed by atoms with E-state index in [1.807, 2.05) is 0 Å². The van der Waals surface area contributed by atoms with Gasteiger partial charge in [0.1, 0.15) is 6.10 Å². The Labute approximate surface area is 160 Å². The zero-order valence-corrected chi connectivity index (χ0v) is 17.1. The van der Waals surface area contributed by atoms with Crippen LogP contribution in [0.15, 0.2) is 0 Å². The number of amides is 3. The van der Waals surface area contributed by atoms with Crippen LogP contribution >= 0.6 is 0 Å². The molecule has 9 nitrogen and oxygen atoms in total. The maximum absolute atomic E-state index is 12.2. The van der Waals surface area contributed by atoms with Gasteiger partial charge in [0.15, 0.2) is 0 Å². The predicted molar refractivity (Wildman–Crippen MR) is 99.4 cm³/mol. The first-order valence-electron chi connectivity index (χ1n) is 9.09. The molecule has 0 saturated heterocycles. The van der Waals surface area contributed by atoms with E-state index in [9.17, 15) is 14.4 Å². The van der Waals surface area contributed by atoms with Gasteiger partial charge in [-0.25, -0.2) is 14.4 Å². The summed E-state index contributed by atoms with van der Waals surface area (Å²) in [4.78, 5) is 34.7. The van der Waals surface area contributed by atoms with Gasteiger partial charge in [0.2, 0.25) is 0 Å². The Bertz CT molecular complexity index is 539. The van der Waals surface area contributed by atoms with Crippen molar-refractivity contribution in [2.45, 2.75) is 59.1 Å². The van der Waals surface area contributed by atoms with Crippen molar-refractivity contribution in [3.05, 3.63) is 0 Å². The fourth-order valence-corrected chi connectivity index (χ4v) is 3.95. The van der Waals surface area contributed by atoms with Crippen molar-refractivity contribution in [1.82, 2.24) is 16.0 Å². The lowest BCUT2D eigenvalue weighted by atomic mass is 9.62. The first-order chi connectivity index (χ1) is 12.5. The quantitative estimate of drug-likeness (QED) is 0.603. The standard InChI is InChI=1S/C18H33N3O6/c1-12(9-19-14(22)25-5)27-16(24)21-13-7-17(2,3)10-18(4,8-13)11-20-15(23)26-6/h12-13H,7-11H2,1-6H3,(H,19,22)(H,20,23)(H,21,24). The van der Waals surface area contributed by atoms with Gasteiger partial charge in [-0.3, -0.25) is 0 Å². The molecule has 9 heteroatoms. The normalized spacial score (nSPS) is 24.9. The van der Waals surface area contributed by atoms with Gasteiger partial charge >= 0.3 is 18.3 Å². The van der Waals surface area contributed by atoms with Crippen LogP contribution in [0.25, 0.3) is 0 Å². The predicted octanol–water partition coefficient (Wildman–Crippen LogP) is 2.40. The van der Waals surface area contributed by atoms with E-state index in [0.29, 0.717) is 13.0 Å². The highest BCUT2D eigenvalue weighted by atomic mass is 16.6. The van der Waals surface area contributed by atoms with E-state index < -0.39 is 24.4 Å². The Morgan fingerprint density at radius 3 is 2.19 bits per heavy atom. The second-order valence-corrected chi connectivity index (χ2v) is 8.33. The smallest absolute Gasteiger partial charge is 0.407 e. The van der Waals surface area contributed by atoms with Crippen LogP contribution in [0.3, 0.4) is 0 Å². The highest BCUT2D eigenvalue weighted by Gasteiger charge is 2.42. The number of ether oxygens (including phenoxy) is 3. The maximum atomic E-state index is 12.2. The Kier molecular flexibility index (Phi) is 8.18. The van der Waals surface area contributed by atoms with E-state index in [2.05, 4.69) is 46.2 Å². The van der Waals surface area contributed by atoms with E-state index in [-0.39, 0.29) is 23.4 Å². The molecular formula is C18H33N3O6. The fraction of sp³-hybridized carbons (Fsp3) is 0.833. The SMILES string of the molecule is COC(=O)NCC(C)OC(=O)NC1CC(C)(C)CC(C)(CNC(=O)OC)C1. The summed E-state index contributed by atoms with van der Waals surface area (Å²) < 4.78 is 14.4. The third-order valence-corrected chi connectivity index (χ3v) is 4.64. The van der Waals surface area contributed by atoms with Gasteiger partial charge in [-0.05, 0) is 37.0 Å². The Morgan fingerprint density at radius 1 is 1.00 bits per heavy atom. The average molecular weight is 387 g/mol. The average Bonchev–Trinajstić information content (AvgIpc) is 2.55. The van der Waals surface area contributed by atoms with Crippen LogP contribution in [-0.4, -0.2) is 57.7 Å². The maximum Gasteiger partial charge on any atom is 0.407 e. The Balaban J connectivity index is 2.58. The zero-order valence-electron chi connectivity index (χ0n) is 17.1. The van der Waals surface area contributed by atoms with Crippen LogP contribution in [0.5, 0.6) is 0 Å². The fourth-order valence-electron chi connectivity index (χ4n) is 3.95. The number of alkyl carbamates (subject to hydrolysis) is 3. The van der Waals surface area contributed by atoms with E-state index >= 15 is 0 Å². The molecule has 0 aromatic heterocycles. The molecule has 1 aliphatic carbocycles. The van der Waals surface area contributed by atoms with Crippen LogP contribution in [0.4, 0.5) is 14.4 Å². The van der Waals surface area contributed by atoms with Crippen molar-refractivity contribution in [2.24, 2.45) is 10.8 Å². The summed E-state index contributed by atoms with van der Waals surface area (Å²) in [5, 5.41) is 8.16. The first-order valence-corrected chi connectivity index (χ1v) is 9.09. The highest BCUT2D eigenvalue weighted by Crippen LogP contribution is 2.45. The molecule has 0 bridgehead atoms. The van der Waals surface area contributed by atoms with Gasteiger partial charge in [-0.1, -0.05) is 20.8 Å². The van der Waals surface area contributed by atoms with Crippen molar-refractivity contribution in [3.63, 3.8) is 0 Å². The van der Waals surface area contributed by atoms with Crippen LogP contribution in [0, 0.1) is 10.8 Å². The minimum Gasteiger partial charge on any atom is -0.453 e. The summed E-state index contributed by atoms with van der Waals surface area (Å²) in [6.07, 6.45) is 0.378. The van der Waals surface area contributed by atoms with Crippen molar-refractivity contribution in [3.8, 4) is 0 Å². The zero-order chi connectivity index (χ0) is 20.7. The first kappa shape index (κ1) is 22.9. The van der Waals surface area contributed by atoms with Crippen LogP contribution in [-0.2, 0) is 14.2 Å². The molecule has 1 aliphatic rings. The largest absolute Gasteiger partial charge is 0.453 e. The lowest BCUT2D eigenvalue weighted by Gasteiger charge is -2.46. The molecule has 3 amide bonds. The summed E-state index contributed by atoms with van der Waals surface area (Å²) in [5.41, 5.74) is -0.174. The van der Waals surface area contributed by atoms with Crippen LogP contribution in [0.2, 0.25) is 0 Å². The highest BCUT2D eigenvalue weighted by molar-refractivity contribution is 5.69. The number of carbonyl (C=O) groups is 3. The van der Waals surface area contributed by atoms with Gasteiger partial charge in [0.05, 0.1) is 20.8 Å². The molecule has 1 fully saturated rings. The Morgan fingerprint density at radius 2 is 1.59 bits per heavy atom. The number of rotatable bonds is 6. The number of hydrogen-bond donors (Lipinski definition) is 3. The number of hydrogen-bond acceptors (Lipinski definition) is 6. The summed E-state index contributed by atoms with van der Waals surface area (Å²) in [6.45, 7) is 8.70. The van der Waals surface area contributed by atoms with Crippen molar-refractivity contribution >= 4 is 18.3 Å². The molecule has 0 heterocycles. The second-order valence-electron chi connectivity index (χ2n) is 8.33. The van der Waals surface area contributed by atoms with Gasteiger partial charge in [0, 0.05) is 12.6 Å². The molecule has 27 heavy (non-hydrogen) atoms. The van der Waals surface area contributed by atoms with Gasteiger partial charge in [-0.15, -0.1) is 0 Å². The molecule has 0 radical (unpaired) electrons. The van der Waals surface area contributed by atoms with Crippen LogP contribution < -0.4 is 16.0 Å². The molecule has 1 saturated carbocycles. The number of carbonyl (C=O) groups excluding carboxylic acids is 3. The summed E-state index contributed by atoms with van der Waals surface area (Å²) in [6, 6.07) is -0.0773. The van der Waals surface area contributed by atoms with Gasteiger partial charge in [0.25, 0.3) is 0 Å². The Hall–Kier alpha value is -2.19.